The van der Waals surface area contributed by atoms with Gasteiger partial charge in [-0.25, -0.2) is 0 Å². The number of nitrogen functional groups attached to an aromatic ring is 1. The summed E-state index contributed by atoms with van der Waals surface area (Å²) in [5, 5.41) is 6.64. The highest BCUT2D eigenvalue weighted by Crippen LogP contribution is 2.23. The molecule has 0 radical (unpaired) electrons. The third-order valence-electron chi connectivity index (χ3n) is 5.18. The standard InChI is InChI=1S/C25H23N3O2/c26-22-23(25(30)24(22)29)28-20-13-7-10-18(14-20)15-21(19-11-5-2-6-12-19)27-16-17-8-3-1-4-9-17/h1-14,21,27-28H,15-16,26H2. The summed E-state index contributed by atoms with van der Waals surface area (Å²) in [6.07, 6.45) is 0.772. The minimum Gasteiger partial charge on any atom is -0.394 e. The van der Waals surface area contributed by atoms with Gasteiger partial charge in [0, 0.05) is 18.3 Å². The van der Waals surface area contributed by atoms with E-state index in [-0.39, 0.29) is 17.4 Å². The summed E-state index contributed by atoms with van der Waals surface area (Å²) >= 11 is 0. The first kappa shape index (κ1) is 19.6. The van der Waals surface area contributed by atoms with Crippen molar-refractivity contribution in [1.82, 2.24) is 5.32 Å². The molecule has 0 saturated carbocycles. The fraction of sp³-hybridized carbons (Fsp3) is 0.120. The lowest BCUT2D eigenvalue weighted by atomic mass is 9.98. The fourth-order valence-corrected chi connectivity index (χ4v) is 3.52. The summed E-state index contributed by atoms with van der Waals surface area (Å²) in [5.74, 6) is 0. The second-order valence-corrected chi connectivity index (χ2v) is 7.31. The normalized spacial score (nSPS) is 12.0. The van der Waals surface area contributed by atoms with Crippen LogP contribution in [0.4, 0.5) is 17.1 Å². The Balaban J connectivity index is 1.52. The Kier molecular flexibility index (Phi) is 5.72. The number of nitrogens with two attached hydrogens (primary N) is 1. The van der Waals surface area contributed by atoms with E-state index in [0.29, 0.717) is 0 Å². The predicted molar refractivity (Wildman–Crippen MR) is 122 cm³/mol. The second kappa shape index (κ2) is 8.76. The SMILES string of the molecule is Nc1c(Nc2cccc(CC(NCc3ccccc3)c3ccccc3)c2)c(=O)c1=O. The number of anilines is 3. The van der Waals surface area contributed by atoms with Crippen LogP contribution in [0.1, 0.15) is 22.7 Å². The van der Waals surface area contributed by atoms with Gasteiger partial charge in [-0.1, -0.05) is 72.8 Å². The van der Waals surface area contributed by atoms with Crippen LogP contribution in [0, 0.1) is 0 Å². The third-order valence-corrected chi connectivity index (χ3v) is 5.18. The molecule has 150 valence electrons. The molecule has 0 spiro atoms. The molecule has 5 heteroatoms. The van der Waals surface area contributed by atoms with Crippen molar-refractivity contribution in [3.63, 3.8) is 0 Å². The average Bonchev–Trinajstić information content (AvgIpc) is 2.81. The molecule has 4 aromatic rings. The number of hydrogen-bond donors (Lipinski definition) is 3. The molecule has 0 fully saturated rings. The van der Waals surface area contributed by atoms with E-state index < -0.39 is 10.9 Å². The molecule has 0 saturated heterocycles. The minimum atomic E-state index is -0.622. The molecule has 30 heavy (non-hydrogen) atoms. The van der Waals surface area contributed by atoms with Crippen molar-refractivity contribution in [2.45, 2.75) is 19.0 Å². The highest BCUT2D eigenvalue weighted by Gasteiger charge is 2.18. The number of nitrogens with one attached hydrogen (secondary N) is 2. The van der Waals surface area contributed by atoms with Gasteiger partial charge in [0.25, 0.3) is 10.9 Å². The first-order valence-electron chi connectivity index (χ1n) is 9.89. The van der Waals surface area contributed by atoms with Gasteiger partial charge in [0.05, 0.1) is 0 Å². The molecule has 0 aromatic heterocycles. The lowest BCUT2D eigenvalue weighted by molar-refractivity contribution is 0.530. The van der Waals surface area contributed by atoms with Crippen molar-refractivity contribution in [2.24, 2.45) is 0 Å². The van der Waals surface area contributed by atoms with Crippen molar-refractivity contribution in [3.8, 4) is 0 Å². The lowest BCUT2D eigenvalue weighted by Crippen LogP contribution is -2.36. The minimum absolute atomic E-state index is 0.00269. The van der Waals surface area contributed by atoms with E-state index in [0.717, 1.165) is 24.2 Å². The van der Waals surface area contributed by atoms with Gasteiger partial charge in [-0.15, -0.1) is 0 Å². The van der Waals surface area contributed by atoms with Crippen LogP contribution in [-0.2, 0) is 13.0 Å². The molecule has 4 N–H and O–H groups in total. The number of rotatable bonds is 8. The van der Waals surface area contributed by atoms with Crippen molar-refractivity contribution in [3.05, 3.63) is 122 Å². The van der Waals surface area contributed by atoms with Gasteiger partial charge in [-0.05, 0) is 35.2 Å². The van der Waals surface area contributed by atoms with Gasteiger partial charge in [0.1, 0.15) is 11.4 Å². The highest BCUT2D eigenvalue weighted by molar-refractivity contribution is 5.76. The van der Waals surface area contributed by atoms with E-state index in [4.69, 9.17) is 5.73 Å². The Labute approximate surface area is 174 Å². The predicted octanol–water partition coefficient (Wildman–Crippen LogP) is 3.68. The summed E-state index contributed by atoms with van der Waals surface area (Å²) in [5.41, 5.74) is 8.89. The van der Waals surface area contributed by atoms with Crippen LogP contribution in [0.25, 0.3) is 0 Å². The summed E-state index contributed by atoms with van der Waals surface area (Å²) < 4.78 is 0. The molecule has 1 atom stereocenters. The van der Waals surface area contributed by atoms with Crippen molar-refractivity contribution in [2.75, 3.05) is 11.1 Å². The molecule has 5 nitrogen and oxygen atoms in total. The Morgan fingerprint density at radius 2 is 1.43 bits per heavy atom. The first-order chi connectivity index (χ1) is 14.6. The van der Waals surface area contributed by atoms with Crippen LogP contribution in [0.2, 0.25) is 0 Å². The molecule has 0 aliphatic rings. The first-order valence-corrected chi connectivity index (χ1v) is 9.89. The topological polar surface area (TPSA) is 84.2 Å². The summed E-state index contributed by atoms with van der Waals surface area (Å²) in [7, 11) is 0. The average molecular weight is 397 g/mol. The van der Waals surface area contributed by atoms with Gasteiger partial charge < -0.3 is 16.4 Å². The third kappa shape index (κ3) is 4.31. The monoisotopic (exact) mass is 397 g/mol. The zero-order valence-electron chi connectivity index (χ0n) is 16.5. The number of hydrogen-bond acceptors (Lipinski definition) is 5. The van der Waals surface area contributed by atoms with E-state index in [2.05, 4.69) is 41.0 Å². The van der Waals surface area contributed by atoms with Crippen LogP contribution >= 0.6 is 0 Å². The highest BCUT2D eigenvalue weighted by atomic mass is 16.2. The van der Waals surface area contributed by atoms with E-state index in [1.54, 1.807) is 0 Å². The summed E-state index contributed by atoms with van der Waals surface area (Å²) in [6, 6.07) is 28.6. The Bertz CT molecular complexity index is 1200. The summed E-state index contributed by atoms with van der Waals surface area (Å²) in [6.45, 7) is 0.762. The Morgan fingerprint density at radius 3 is 2.13 bits per heavy atom. The zero-order chi connectivity index (χ0) is 20.9. The van der Waals surface area contributed by atoms with Gasteiger partial charge in [0.2, 0.25) is 0 Å². The van der Waals surface area contributed by atoms with E-state index in [1.165, 1.54) is 11.1 Å². The van der Waals surface area contributed by atoms with Crippen molar-refractivity contribution in [1.29, 1.82) is 0 Å². The van der Waals surface area contributed by atoms with Gasteiger partial charge in [0.15, 0.2) is 0 Å². The Hall–Kier alpha value is -3.70. The second-order valence-electron chi connectivity index (χ2n) is 7.31. The number of benzene rings is 3. The zero-order valence-corrected chi connectivity index (χ0v) is 16.5. The molecule has 4 aromatic carbocycles. The quantitative estimate of drug-likeness (QED) is 0.395. The van der Waals surface area contributed by atoms with E-state index in [1.807, 2.05) is 54.6 Å². The van der Waals surface area contributed by atoms with Crippen LogP contribution in [0.5, 0.6) is 0 Å². The van der Waals surface area contributed by atoms with Crippen molar-refractivity contribution < 1.29 is 0 Å². The van der Waals surface area contributed by atoms with Crippen LogP contribution in [-0.4, -0.2) is 0 Å². The van der Waals surface area contributed by atoms with Crippen LogP contribution in [0.3, 0.4) is 0 Å². The van der Waals surface area contributed by atoms with Gasteiger partial charge in [-0.3, -0.25) is 9.59 Å². The molecular weight excluding hydrogens is 374 g/mol. The van der Waals surface area contributed by atoms with Gasteiger partial charge in [-0.2, -0.15) is 0 Å². The molecule has 0 aliphatic carbocycles. The smallest absolute Gasteiger partial charge is 0.253 e. The fourth-order valence-electron chi connectivity index (χ4n) is 3.52. The van der Waals surface area contributed by atoms with Crippen LogP contribution in [0.15, 0.2) is 94.5 Å². The maximum Gasteiger partial charge on any atom is 0.253 e. The molecule has 4 rings (SSSR count). The van der Waals surface area contributed by atoms with E-state index >= 15 is 0 Å². The maximum absolute atomic E-state index is 11.7. The van der Waals surface area contributed by atoms with Crippen LogP contribution < -0.4 is 27.2 Å². The largest absolute Gasteiger partial charge is 0.394 e. The summed E-state index contributed by atoms with van der Waals surface area (Å²) in [4.78, 5) is 23.0. The van der Waals surface area contributed by atoms with Gasteiger partial charge >= 0.3 is 0 Å². The molecular formula is C25H23N3O2. The molecule has 0 heterocycles. The maximum atomic E-state index is 11.7. The molecule has 1 unspecified atom stereocenters. The van der Waals surface area contributed by atoms with E-state index in [9.17, 15) is 9.59 Å². The molecule has 0 bridgehead atoms. The molecule has 0 aliphatic heterocycles. The lowest BCUT2D eigenvalue weighted by Gasteiger charge is -2.20. The van der Waals surface area contributed by atoms with Crippen molar-refractivity contribution >= 4 is 17.1 Å². The Morgan fingerprint density at radius 1 is 0.767 bits per heavy atom. The molecule has 0 amide bonds.